The van der Waals surface area contributed by atoms with Gasteiger partial charge in [0.1, 0.15) is 0 Å². The third-order valence-corrected chi connectivity index (χ3v) is 4.95. The number of rotatable bonds is 6. The molecule has 0 atom stereocenters. The van der Waals surface area contributed by atoms with Gasteiger partial charge < -0.3 is 5.32 Å². The molecule has 0 unspecified atom stereocenters. The van der Waals surface area contributed by atoms with Crippen LogP contribution in [0.5, 0.6) is 0 Å². The summed E-state index contributed by atoms with van der Waals surface area (Å²) in [5.74, 6) is -0.854. The third-order valence-electron chi connectivity index (χ3n) is 3.98. The van der Waals surface area contributed by atoms with Crippen LogP contribution in [0.25, 0.3) is 10.9 Å². The van der Waals surface area contributed by atoms with Crippen molar-refractivity contribution in [1.82, 2.24) is 9.55 Å². The minimum atomic E-state index is -4.58. The summed E-state index contributed by atoms with van der Waals surface area (Å²) in [6.45, 7) is 3.81. The zero-order valence-electron chi connectivity index (χ0n) is 15.1. The van der Waals surface area contributed by atoms with Crippen LogP contribution in [0.3, 0.4) is 0 Å². The van der Waals surface area contributed by atoms with Crippen LogP contribution in [-0.2, 0) is 17.5 Å². The molecule has 0 saturated heterocycles. The molecule has 1 amide bonds. The molecule has 3 rings (SSSR count). The van der Waals surface area contributed by atoms with Gasteiger partial charge in [-0.15, -0.1) is 6.58 Å². The molecule has 5 nitrogen and oxygen atoms in total. The average Bonchev–Trinajstić information content (AvgIpc) is 2.68. The number of alkyl halides is 3. The first-order chi connectivity index (χ1) is 13.8. The van der Waals surface area contributed by atoms with E-state index in [1.165, 1.54) is 28.8 Å². The maximum atomic E-state index is 13.1. The maximum absolute atomic E-state index is 13.1. The summed E-state index contributed by atoms with van der Waals surface area (Å²) in [4.78, 5) is 29.3. The van der Waals surface area contributed by atoms with Crippen molar-refractivity contribution in [3.8, 4) is 0 Å². The molecule has 0 fully saturated rings. The van der Waals surface area contributed by atoms with Crippen LogP contribution in [0.4, 0.5) is 18.9 Å². The van der Waals surface area contributed by atoms with Crippen molar-refractivity contribution in [3.05, 3.63) is 77.1 Å². The van der Waals surface area contributed by atoms with Crippen molar-refractivity contribution >= 4 is 34.3 Å². The monoisotopic (exact) mass is 419 g/mol. The van der Waals surface area contributed by atoms with Crippen molar-refractivity contribution < 1.29 is 18.0 Å². The fourth-order valence-electron chi connectivity index (χ4n) is 2.70. The molecule has 1 N–H and O–H groups in total. The number of fused-ring (bicyclic) bond motifs is 1. The van der Waals surface area contributed by atoms with E-state index < -0.39 is 17.6 Å². The minimum Gasteiger partial charge on any atom is -0.325 e. The molecule has 0 radical (unpaired) electrons. The lowest BCUT2D eigenvalue weighted by atomic mass is 10.1. The Bertz CT molecular complexity index is 1130. The van der Waals surface area contributed by atoms with Gasteiger partial charge in [0, 0.05) is 6.54 Å². The fourth-order valence-corrected chi connectivity index (χ4v) is 3.51. The Kier molecular flexibility index (Phi) is 6.07. The summed E-state index contributed by atoms with van der Waals surface area (Å²) in [5.41, 5.74) is -1.05. The number of carbonyl (C=O) groups excluding carboxylic acids is 1. The zero-order valence-corrected chi connectivity index (χ0v) is 15.9. The normalized spacial score (nSPS) is 11.4. The number of allylic oxidation sites excluding steroid dienone is 1. The Morgan fingerprint density at radius 2 is 1.86 bits per heavy atom. The van der Waals surface area contributed by atoms with Crippen molar-refractivity contribution in [2.45, 2.75) is 17.9 Å². The summed E-state index contributed by atoms with van der Waals surface area (Å²) < 4.78 is 40.6. The molecule has 9 heteroatoms. The first-order valence-electron chi connectivity index (χ1n) is 8.50. The molecule has 3 aromatic rings. The number of thioether (sulfide) groups is 1. The molecule has 0 spiro atoms. The minimum absolute atomic E-state index is 0.192. The van der Waals surface area contributed by atoms with E-state index in [1.807, 2.05) is 0 Å². The van der Waals surface area contributed by atoms with Crippen LogP contribution in [0.15, 0.2) is 71.1 Å². The highest BCUT2D eigenvalue weighted by molar-refractivity contribution is 7.99. The van der Waals surface area contributed by atoms with Gasteiger partial charge in [-0.25, -0.2) is 4.98 Å². The van der Waals surface area contributed by atoms with E-state index in [4.69, 9.17) is 0 Å². The van der Waals surface area contributed by atoms with E-state index in [2.05, 4.69) is 16.9 Å². The lowest BCUT2D eigenvalue weighted by Gasteiger charge is -2.14. The number of carbonyl (C=O) groups is 1. The smallest absolute Gasteiger partial charge is 0.325 e. The average molecular weight is 419 g/mol. The number of nitrogens with zero attached hydrogens (tertiary/aromatic N) is 2. The number of aromatic nitrogens is 2. The molecule has 29 heavy (non-hydrogen) atoms. The van der Waals surface area contributed by atoms with Gasteiger partial charge in [-0.1, -0.05) is 42.1 Å². The molecule has 0 saturated carbocycles. The second kappa shape index (κ2) is 8.52. The molecule has 0 aliphatic heterocycles. The molecule has 0 aliphatic rings. The third kappa shape index (κ3) is 4.68. The van der Waals surface area contributed by atoms with Crippen molar-refractivity contribution in [2.24, 2.45) is 0 Å². The van der Waals surface area contributed by atoms with Crippen molar-refractivity contribution in [2.75, 3.05) is 11.1 Å². The predicted molar refractivity (Wildman–Crippen MR) is 107 cm³/mol. The largest absolute Gasteiger partial charge is 0.418 e. The highest BCUT2D eigenvalue weighted by Crippen LogP contribution is 2.34. The molecule has 0 aliphatic carbocycles. The van der Waals surface area contributed by atoms with Gasteiger partial charge in [0.25, 0.3) is 5.56 Å². The summed E-state index contributed by atoms with van der Waals surface area (Å²) in [6.07, 6.45) is -3.05. The number of halogens is 3. The second-order valence-corrected chi connectivity index (χ2v) is 6.94. The Hall–Kier alpha value is -3.07. The topological polar surface area (TPSA) is 64.0 Å². The number of amides is 1. The molecular formula is C20H16F3N3O2S. The van der Waals surface area contributed by atoms with Crippen LogP contribution < -0.4 is 10.9 Å². The maximum Gasteiger partial charge on any atom is 0.418 e. The van der Waals surface area contributed by atoms with E-state index in [1.54, 1.807) is 24.3 Å². The summed E-state index contributed by atoms with van der Waals surface area (Å²) in [5, 5.41) is 2.99. The zero-order chi connectivity index (χ0) is 21.0. The van der Waals surface area contributed by atoms with E-state index in [9.17, 15) is 22.8 Å². The van der Waals surface area contributed by atoms with Gasteiger partial charge >= 0.3 is 6.18 Å². The van der Waals surface area contributed by atoms with Crippen molar-refractivity contribution in [3.63, 3.8) is 0 Å². The van der Waals surface area contributed by atoms with Crippen LogP contribution in [0, 0.1) is 0 Å². The highest BCUT2D eigenvalue weighted by Gasteiger charge is 2.33. The Balaban J connectivity index is 1.82. The number of hydrogen-bond acceptors (Lipinski definition) is 4. The van der Waals surface area contributed by atoms with Gasteiger partial charge in [-0.05, 0) is 24.3 Å². The quantitative estimate of drug-likeness (QED) is 0.367. The Labute approximate surface area is 168 Å². The lowest BCUT2D eigenvalue weighted by Crippen LogP contribution is -2.24. The van der Waals surface area contributed by atoms with Crippen LogP contribution in [0.1, 0.15) is 5.56 Å². The summed E-state index contributed by atoms with van der Waals surface area (Å²) in [7, 11) is 0. The number of benzene rings is 2. The highest BCUT2D eigenvalue weighted by atomic mass is 32.2. The van der Waals surface area contributed by atoms with Crippen LogP contribution >= 0.6 is 11.8 Å². The SMILES string of the molecule is C=CCn1c(SCC(=O)Nc2ccccc2C(F)(F)F)nc2ccccc2c1=O. The molecule has 1 aromatic heterocycles. The molecule has 0 bridgehead atoms. The number of hydrogen-bond donors (Lipinski definition) is 1. The number of anilines is 1. The van der Waals surface area contributed by atoms with E-state index in [0.717, 1.165) is 17.8 Å². The predicted octanol–water partition coefficient (Wildman–Crippen LogP) is 4.33. The van der Waals surface area contributed by atoms with Crippen LogP contribution in [-0.4, -0.2) is 21.2 Å². The van der Waals surface area contributed by atoms with E-state index in [0.29, 0.717) is 10.9 Å². The Morgan fingerprint density at radius 3 is 2.59 bits per heavy atom. The fraction of sp³-hybridized carbons (Fsp3) is 0.150. The lowest BCUT2D eigenvalue weighted by molar-refractivity contribution is -0.137. The van der Waals surface area contributed by atoms with Crippen LogP contribution in [0.2, 0.25) is 0 Å². The molecule has 150 valence electrons. The molecule has 1 heterocycles. The van der Waals surface area contributed by atoms with Gasteiger partial charge in [-0.2, -0.15) is 13.2 Å². The van der Waals surface area contributed by atoms with Gasteiger partial charge in [0.15, 0.2) is 5.16 Å². The van der Waals surface area contributed by atoms with Gasteiger partial charge in [0.2, 0.25) is 5.91 Å². The van der Waals surface area contributed by atoms with E-state index in [-0.39, 0.29) is 28.7 Å². The first-order valence-corrected chi connectivity index (χ1v) is 9.49. The summed E-state index contributed by atoms with van der Waals surface area (Å²) in [6, 6.07) is 11.5. The number of nitrogens with one attached hydrogen (secondary N) is 1. The standard InChI is InChI=1S/C20H16F3N3O2S/c1-2-11-26-18(28)13-7-3-5-9-15(13)25-19(26)29-12-17(27)24-16-10-6-4-8-14(16)20(21,22)23/h2-10H,1,11-12H2,(H,24,27). The first kappa shape index (κ1) is 20.7. The van der Waals surface area contributed by atoms with Gasteiger partial charge in [-0.3, -0.25) is 14.2 Å². The summed E-state index contributed by atoms with van der Waals surface area (Å²) >= 11 is 0.967. The molecular weight excluding hydrogens is 403 g/mol. The Morgan fingerprint density at radius 1 is 1.17 bits per heavy atom. The van der Waals surface area contributed by atoms with E-state index >= 15 is 0 Å². The van der Waals surface area contributed by atoms with Gasteiger partial charge in [0.05, 0.1) is 27.9 Å². The number of para-hydroxylation sites is 2. The van der Waals surface area contributed by atoms with Crippen molar-refractivity contribution in [1.29, 1.82) is 0 Å². The molecule has 2 aromatic carbocycles. The second-order valence-electron chi connectivity index (χ2n) is 6.00.